The fraction of sp³-hybridized carbons (Fsp3) is 0.364. The van der Waals surface area contributed by atoms with Crippen LogP contribution in [0.25, 0.3) is 0 Å². The van der Waals surface area contributed by atoms with Crippen LogP contribution in [0.4, 0.5) is 10.5 Å². The van der Waals surface area contributed by atoms with E-state index >= 15 is 0 Å². The molecule has 0 atom stereocenters. The summed E-state index contributed by atoms with van der Waals surface area (Å²) in [7, 11) is 1.64. The number of carbonyl (C=O) groups excluding carboxylic acids is 1. The Labute approximate surface area is 103 Å². The Kier molecular flexibility index (Phi) is 5.88. The lowest BCUT2D eigenvalue weighted by atomic mass is 10.3. The first-order valence-electron chi connectivity index (χ1n) is 5.02. The van der Waals surface area contributed by atoms with Gasteiger partial charge in [-0.3, -0.25) is 0 Å². The van der Waals surface area contributed by atoms with Crippen LogP contribution in [0.5, 0.6) is 0 Å². The molecule has 2 amide bonds. The number of para-hydroxylation sites is 1. The van der Waals surface area contributed by atoms with Gasteiger partial charge in [0.05, 0.1) is 5.69 Å². The van der Waals surface area contributed by atoms with Crippen LogP contribution in [0.2, 0.25) is 0 Å². The zero-order valence-electron chi connectivity index (χ0n) is 9.13. The van der Waals surface area contributed by atoms with E-state index in [1.807, 2.05) is 24.3 Å². The highest BCUT2D eigenvalue weighted by Gasteiger charge is 2.03. The fourth-order valence-corrected chi connectivity index (χ4v) is 1.53. The van der Waals surface area contributed by atoms with Crippen molar-refractivity contribution in [2.45, 2.75) is 6.42 Å². The smallest absolute Gasteiger partial charge is 0.319 e. The molecular formula is C11H15BrN2O2. The van der Waals surface area contributed by atoms with Gasteiger partial charge in [0.25, 0.3) is 0 Å². The lowest BCUT2D eigenvalue weighted by Gasteiger charge is -2.08. The molecule has 0 fully saturated rings. The van der Waals surface area contributed by atoms with Gasteiger partial charge in [0.15, 0.2) is 0 Å². The third kappa shape index (κ3) is 4.63. The van der Waals surface area contributed by atoms with Gasteiger partial charge in [-0.05, 0) is 34.5 Å². The van der Waals surface area contributed by atoms with Gasteiger partial charge in [-0.15, -0.1) is 0 Å². The SMILES string of the molecule is COCCCNC(=O)Nc1ccccc1Br. The van der Waals surface area contributed by atoms with Gasteiger partial charge < -0.3 is 15.4 Å². The maximum atomic E-state index is 11.4. The lowest BCUT2D eigenvalue weighted by molar-refractivity contribution is 0.194. The van der Waals surface area contributed by atoms with Crippen LogP contribution in [-0.4, -0.2) is 26.3 Å². The molecule has 2 N–H and O–H groups in total. The molecule has 1 aromatic rings. The number of benzene rings is 1. The number of hydrogen-bond acceptors (Lipinski definition) is 2. The Hall–Kier alpha value is -1.07. The van der Waals surface area contributed by atoms with E-state index in [0.717, 1.165) is 16.6 Å². The van der Waals surface area contributed by atoms with Crippen LogP contribution in [-0.2, 0) is 4.74 Å². The second kappa shape index (κ2) is 7.24. The molecule has 0 bridgehead atoms. The molecule has 88 valence electrons. The highest BCUT2D eigenvalue weighted by atomic mass is 79.9. The summed E-state index contributed by atoms with van der Waals surface area (Å²) in [4.78, 5) is 11.4. The number of hydrogen-bond donors (Lipinski definition) is 2. The molecule has 0 radical (unpaired) electrons. The molecule has 0 aromatic heterocycles. The Morgan fingerprint density at radius 1 is 1.44 bits per heavy atom. The first kappa shape index (κ1) is 13.0. The average Bonchev–Trinajstić information content (AvgIpc) is 2.28. The third-order valence-corrected chi connectivity index (χ3v) is 2.62. The summed E-state index contributed by atoms with van der Waals surface area (Å²) in [6.45, 7) is 1.25. The van der Waals surface area contributed by atoms with E-state index < -0.39 is 0 Å². The van der Waals surface area contributed by atoms with E-state index in [-0.39, 0.29) is 6.03 Å². The van der Waals surface area contributed by atoms with Crippen molar-refractivity contribution >= 4 is 27.6 Å². The van der Waals surface area contributed by atoms with Crippen molar-refractivity contribution in [1.82, 2.24) is 5.32 Å². The van der Waals surface area contributed by atoms with Crippen molar-refractivity contribution in [2.24, 2.45) is 0 Å². The molecule has 1 aromatic carbocycles. The summed E-state index contributed by atoms with van der Waals surface area (Å²) in [5.74, 6) is 0. The number of rotatable bonds is 5. The summed E-state index contributed by atoms with van der Waals surface area (Å²) < 4.78 is 5.74. The number of methoxy groups -OCH3 is 1. The summed E-state index contributed by atoms with van der Waals surface area (Å²) in [6, 6.07) is 7.26. The van der Waals surface area contributed by atoms with Gasteiger partial charge in [0.2, 0.25) is 0 Å². The van der Waals surface area contributed by atoms with Crippen molar-refractivity contribution in [1.29, 1.82) is 0 Å². The van der Waals surface area contributed by atoms with Crippen LogP contribution in [0.3, 0.4) is 0 Å². The molecule has 0 saturated carbocycles. The number of nitrogens with one attached hydrogen (secondary N) is 2. The average molecular weight is 287 g/mol. The Morgan fingerprint density at radius 2 is 2.19 bits per heavy atom. The monoisotopic (exact) mass is 286 g/mol. The van der Waals surface area contributed by atoms with Gasteiger partial charge in [-0.1, -0.05) is 12.1 Å². The number of amides is 2. The van der Waals surface area contributed by atoms with Crippen molar-refractivity contribution in [3.8, 4) is 0 Å². The second-order valence-electron chi connectivity index (χ2n) is 3.21. The first-order valence-corrected chi connectivity index (χ1v) is 5.81. The number of ether oxygens (including phenoxy) is 1. The largest absolute Gasteiger partial charge is 0.385 e. The summed E-state index contributed by atoms with van der Waals surface area (Å²) in [5, 5.41) is 5.49. The van der Waals surface area contributed by atoms with Crippen molar-refractivity contribution in [3.63, 3.8) is 0 Å². The molecule has 1 rings (SSSR count). The highest BCUT2D eigenvalue weighted by molar-refractivity contribution is 9.10. The fourth-order valence-electron chi connectivity index (χ4n) is 1.15. The number of halogens is 1. The predicted octanol–water partition coefficient (Wildman–Crippen LogP) is 2.61. The lowest BCUT2D eigenvalue weighted by Crippen LogP contribution is -2.30. The number of anilines is 1. The molecule has 0 saturated heterocycles. The molecule has 0 unspecified atom stereocenters. The van der Waals surface area contributed by atoms with E-state index in [2.05, 4.69) is 26.6 Å². The third-order valence-electron chi connectivity index (χ3n) is 1.93. The Morgan fingerprint density at radius 3 is 2.88 bits per heavy atom. The Balaban J connectivity index is 2.32. The number of carbonyl (C=O) groups is 1. The van der Waals surface area contributed by atoms with Gasteiger partial charge in [0.1, 0.15) is 0 Å². The molecule has 0 aliphatic carbocycles. The summed E-state index contributed by atoms with van der Waals surface area (Å²) in [6.07, 6.45) is 0.805. The highest BCUT2D eigenvalue weighted by Crippen LogP contribution is 2.20. The molecular weight excluding hydrogens is 272 g/mol. The quantitative estimate of drug-likeness (QED) is 0.818. The summed E-state index contributed by atoms with van der Waals surface area (Å²) >= 11 is 3.36. The molecule has 5 heteroatoms. The van der Waals surface area contributed by atoms with Crippen LogP contribution < -0.4 is 10.6 Å². The molecule has 0 spiro atoms. The maximum Gasteiger partial charge on any atom is 0.319 e. The van der Waals surface area contributed by atoms with E-state index in [9.17, 15) is 4.79 Å². The standard InChI is InChI=1S/C11H15BrN2O2/c1-16-8-4-7-13-11(15)14-10-6-3-2-5-9(10)12/h2-3,5-6H,4,7-8H2,1H3,(H2,13,14,15). The van der Waals surface area contributed by atoms with Crippen LogP contribution >= 0.6 is 15.9 Å². The van der Waals surface area contributed by atoms with Crippen molar-refractivity contribution < 1.29 is 9.53 Å². The van der Waals surface area contributed by atoms with Crippen LogP contribution in [0.1, 0.15) is 6.42 Å². The normalized spacial score (nSPS) is 9.88. The minimum Gasteiger partial charge on any atom is -0.385 e. The van der Waals surface area contributed by atoms with Crippen molar-refractivity contribution in [3.05, 3.63) is 28.7 Å². The van der Waals surface area contributed by atoms with E-state index in [1.165, 1.54) is 0 Å². The van der Waals surface area contributed by atoms with E-state index in [0.29, 0.717) is 13.2 Å². The minimum absolute atomic E-state index is 0.206. The maximum absolute atomic E-state index is 11.4. The topological polar surface area (TPSA) is 50.4 Å². The molecule has 0 aliphatic rings. The van der Waals surface area contributed by atoms with Crippen molar-refractivity contribution in [2.75, 3.05) is 25.6 Å². The first-order chi connectivity index (χ1) is 7.74. The molecule has 0 aliphatic heterocycles. The van der Waals surface area contributed by atoms with Gasteiger partial charge >= 0.3 is 6.03 Å². The van der Waals surface area contributed by atoms with Gasteiger partial charge in [-0.2, -0.15) is 0 Å². The molecule has 16 heavy (non-hydrogen) atoms. The molecule has 0 heterocycles. The molecule has 4 nitrogen and oxygen atoms in total. The minimum atomic E-state index is -0.206. The van der Waals surface area contributed by atoms with Gasteiger partial charge in [0, 0.05) is 24.7 Å². The van der Waals surface area contributed by atoms with Crippen LogP contribution in [0.15, 0.2) is 28.7 Å². The zero-order valence-corrected chi connectivity index (χ0v) is 10.7. The second-order valence-corrected chi connectivity index (χ2v) is 4.06. The van der Waals surface area contributed by atoms with E-state index in [4.69, 9.17) is 4.74 Å². The Bertz CT molecular complexity index is 345. The van der Waals surface area contributed by atoms with Gasteiger partial charge in [-0.25, -0.2) is 4.79 Å². The van der Waals surface area contributed by atoms with E-state index in [1.54, 1.807) is 7.11 Å². The summed E-state index contributed by atoms with van der Waals surface area (Å²) in [5.41, 5.74) is 0.756. The predicted molar refractivity (Wildman–Crippen MR) is 67.7 cm³/mol. The number of urea groups is 1. The zero-order chi connectivity index (χ0) is 11.8. The van der Waals surface area contributed by atoms with Crippen LogP contribution in [0, 0.1) is 0 Å².